The predicted molar refractivity (Wildman–Crippen MR) is 163 cm³/mol. The first-order valence-electron chi connectivity index (χ1n) is 14.3. The molecule has 2 aromatic carbocycles. The largest absolute Gasteiger partial charge is 0.493 e. The summed E-state index contributed by atoms with van der Waals surface area (Å²) in [5, 5.41) is 0. The first-order chi connectivity index (χ1) is 20.1. The topological polar surface area (TPSA) is 67.4 Å². The van der Waals surface area contributed by atoms with E-state index in [9.17, 15) is 4.79 Å². The summed E-state index contributed by atoms with van der Waals surface area (Å²) in [5.41, 5.74) is 3.98. The van der Waals surface area contributed by atoms with Crippen molar-refractivity contribution in [3.63, 3.8) is 0 Å². The summed E-state index contributed by atoms with van der Waals surface area (Å²) in [6, 6.07) is 18.1. The van der Waals surface area contributed by atoms with E-state index in [1.54, 1.807) is 31.3 Å². The maximum absolute atomic E-state index is 13.1. The summed E-state index contributed by atoms with van der Waals surface area (Å²) in [5.74, 6) is 2.28. The van der Waals surface area contributed by atoms with E-state index in [1.807, 2.05) is 23.1 Å². The molecule has 8 nitrogen and oxygen atoms in total. The fourth-order valence-electron chi connectivity index (χ4n) is 5.15. The van der Waals surface area contributed by atoms with Gasteiger partial charge in [-0.05, 0) is 47.6 Å². The predicted octanol–water partition coefficient (Wildman–Crippen LogP) is 4.75. The molecular formula is C32H40N4O4S. The van der Waals surface area contributed by atoms with Gasteiger partial charge in [-0.1, -0.05) is 49.2 Å². The van der Waals surface area contributed by atoms with Gasteiger partial charge in [-0.25, -0.2) is 4.31 Å². The van der Waals surface area contributed by atoms with Crippen molar-refractivity contribution in [2.45, 2.75) is 25.9 Å². The van der Waals surface area contributed by atoms with Crippen LogP contribution >= 0.6 is 11.9 Å². The number of hydrogen-bond acceptors (Lipinski definition) is 8. The zero-order valence-electron chi connectivity index (χ0n) is 24.3. The Morgan fingerprint density at radius 2 is 1.71 bits per heavy atom. The molecular weight excluding hydrogens is 536 g/mol. The van der Waals surface area contributed by atoms with E-state index < -0.39 is 0 Å². The van der Waals surface area contributed by atoms with Crippen molar-refractivity contribution in [2.24, 2.45) is 0 Å². The van der Waals surface area contributed by atoms with E-state index in [2.05, 4.69) is 57.7 Å². The number of methoxy groups -OCH3 is 1. The van der Waals surface area contributed by atoms with Crippen LogP contribution in [0.2, 0.25) is 0 Å². The highest BCUT2D eigenvalue weighted by atomic mass is 32.2. The van der Waals surface area contributed by atoms with Gasteiger partial charge in [-0.3, -0.25) is 14.7 Å². The third-order valence-electron chi connectivity index (χ3n) is 7.87. The van der Waals surface area contributed by atoms with Crippen molar-refractivity contribution >= 4 is 17.9 Å². The third kappa shape index (κ3) is 7.52. The molecule has 1 aromatic heterocycles. The summed E-state index contributed by atoms with van der Waals surface area (Å²) in [6.07, 6.45) is 4.80. The molecule has 2 fully saturated rings. The minimum absolute atomic E-state index is 0.0686. The Morgan fingerprint density at radius 3 is 2.41 bits per heavy atom. The van der Waals surface area contributed by atoms with Crippen LogP contribution in [0.1, 0.15) is 40.0 Å². The molecule has 0 N–H and O–H groups in total. The number of benzene rings is 2. The summed E-state index contributed by atoms with van der Waals surface area (Å²) >= 11 is 1.81. The minimum atomic E-state index is -0.0686. The molecule has 2 saturated heterocycles. The molecule has 2 aliphatic heterocycles. The number of ether oxygens (including phenoxy) is 3. The zero-order valence-corrected chi connectivity index (χ0v) is 25.1. The maximum atomic E-state index is 13.1. The Kier molecular flexibility index (Phi) is 10.0. The molecule has 9 heteroatoms. The van der Waals surface area contributed by atoms with Gasteiger partial charge in [-0.2, -0.15) is 0 Å². The fourth-order valence-corrected chi connectivity index (χ4v) is 5.68. The van der Waals surface area contributed by atoms with Crippen LogP contribution in [0.5, 0.6) is 17.2 Å². The number of carbonyl (C=O) groups is 1. The first-order valence-corrected chi connectivity index (χ1v) is 15.5. The number of piperazine rings is 1. The third-order valence-corrected chi connectivity index (χ3v) is 8.75. The second-order valence-electron chi connectivity index (χ2n) is 10.5. The summed E-state index contributed by atoms with van der Waals surface area (Å²) in [4.78, 5) is 21.7. The number of likely N-dealkylation sites (tertiary alicyclic amines) is 1. The van der Waals surface area contributed by atoms with Crippen LogP contribution in [0, 0.1) is 0 Å². The first kappa shape index (κ1) is 29.2. The normalized spacial score (nSPS) is 16.3. The molecule has 0 bridgehead atoms. The van der Waals surface area contributed by atoms with Gasteiger partial charge in [0.1, 0.15) is 24.7 Å². The van der Waals surface area contributed by atoms with Gasteiger partial charge in [0, 0.05) is 64.0 Å². The van der Waals surface area contributed by atoms with Crippen LogP contribution in [0.15, 0.2) is 60.8 Å². The smallest absolute Gasteiger partial charge is 0.272 e. The van der Waals surface area contributed by atoms with Gasteiger partial charge >= 0.3 is 0 Å². The second-order valence-corrected chi connectivity index (χ2v) is 11.3. The van der Waals surface area contributed by atoms with Crippen molar-refractivity contribution in [3.8, 4) is 17.2 Å². The number of pyridine rings is 1. The van der Waals surface area contributed by atoms with Crippen LogP contribution in [0.3, 0.4) is 0 Å². The standard InChI is InChI=1S/C32H40N4O4S/c1-4-24-5-7-25(8-6-24)23-40-30-10-9-26(19-31(30)38-2)27-21-35(22-27)32(37)29-20-28(11-12-33-29)39-18-17-34-13-15-36(41-3)16-14-34/h5-12,19-20,27H,4,13-18,21-23H2,1-3H3. The van der Waals surface area contributed by atoms with Crippen molar-refractivity contribution in [1.82, 2.24) is 19.1 Å². The number of aromatic nitrogens is 1. The van der Waals surface area contributed by atoms with Crippen molar-refractivity contribution < 1.29 is 19.0 Å². The molecule has 1 amide bonds. The Labute approximate surface area is 247 Å². The molecule has 218 valence electrons. The lowest BCUT2D eigenvalue weighted by molar-refractivity contribution is 0.0595. The lowest BCUT2D eigenvalue weighted by Crippen LogP contribution is -2.48. The maximum Gasteiger partial charge on any atom is 0.272 e. The second kappa shape index (κ2) is 14.1. The molecule has 0 aliphatic carbocycles. The summed E-state index contributed by atoms with van der Waals surface area (Å²) in [6.45, 7) is 9.63. The quantitative estimate of drug-likeness (QED) is 0.287. The minimum Gasteiger partial charge on any atom is -0.493 e. The lowest BCUT2D eigenvalue weighted by atomic mass is 9.91. The van der Waals surface area contributed by atoms with Crippen molar-refractivity contribution in [2.75, 3.05) is 65.8 Å². The number of carbonyl (C=O) groups excluding carboxylic acids is 1. The summed E-state index contributed by atoms with van der Waals surface area (Å²) in [7, 11) is 1.66. The van der Waals surface area contributed by atoms with E-state index >= 15 is 0 Å². The average molecular weight is 577 g/mol. The van der Waals surface area contributed by atoms with Crippen molar-refractivity contribution in [1.29, 1.82) is 0 Å². The SMILES string of the molecule is CCc1ccc(COc2ccc(C3CN(C(=O)c4cc(OCCN5CCN(SC)CC5)ccn4)C3)cc2OC)cc1. The molecule has 0 spiro atoms. The number of nitrogens with zero attached hydrogens (tertiary/aromatic N) is 4. The fraction of sp³-hybridized carbons (Fsp3) is 0.438. The van der Waals surface area contributed by atoms with Gasteiger partial charge in [-0.15, -0.1) is 0 Å². The Morgan fingerprint density at radius 1 is 0.951 bits per heavy atom. The van der Waals surface area contributed by atoms with E-state index in [4.69, 9.17) is 14.2 Å². The van der Waals surface area contributed by atoms with Crippen LogP contribution in [-0.2, 0) is 13.0 Å². The Balaban J connectivity index is 1.10. The molecule has 3 aromatic rings. The van der Waals surface area contributed by atoms with Gasteiger partial charge < -0.3 is 19.1 Å². The Bertz CT molecular complexity index is 1290. The van der Waals surface area contributed by atoms with E-state index in [0.29, 0.717) is 49.2 Å². The van der Waals surface area contributed by atoms with Crippen LogP contribution < -0.4 is 14.2 Å². The number of rotatable bonds is 12. The molecule has 0 unspecified atom stereocenters. The van der Waals surface area contributed by atoms with Crippen LogP contribution in [0.4, 0.5) is 0 Å². The highest BCUT2D eigenvalue weighted by Crippen LogP contribution is 2.35. The Hall–Kier alpha value is -3.27. The van der Waals surface area contributed by atoms with E-state index in [0.717, 1.165) is 50.3 Å². The van der Waals surface area contributed by atoms with E-state index in [-0.39, 0.29) is 11.8 Å². The average Bonchev–Trinajstić information content (AvgIpc) is 3.00. The van der Waals surface area contributed by atoms with Gasteiger partial charge in [0.25, 0.3) is 5.91 Å². The monoisotopic (exact) mass is 576 g/mol. The number of hydrogen-bond donors (Lipinski definition) is 0. The molecule has 3 heterocycles. The molecule has 2 aliphatic rings. The lowest BCUT2D eigenvalue weighted by Gasteiger charge is -2.39. The number of amides is 1. The van der Waals surface area contributed by atoms with E-state index in [1.165, 1.54) is 5.56 Å². The molecule has 0 atom stereocenters. The highest BCUT2D eigenvalue weighted by molar-refractivity contribution is 7.96. The van der Waals surface area contributed by atoms with Gasteiger partial charge in [0.05, 0.1) is 7.11 Å². The molecule has 0 saturated carbocycles. The molecule has 41 heavy (non-hydrogen) atoms. The van der Waals surface area contributed by atoms with Crippen LogP contribution in [-0.4, -0.2) is 90.8 Å². The molecule has 0 radical (unpaired) electrons. The highest BCUT2D eigenvalue weighted by Gasteiger charge is 2.33. The van der Waals surface area contributed by atoms with Gasteiger partial charge in [0.2, 0.25) is 0 Å². The zero-order chi connectivity index (χ0) is 28.6. The van der Waals surface area contributed by atoms with Crippen molar-refractivity contribution in [3.05, 3.63) is 83.2 Å². The van der Waals surface area contributed by atoms with Crippen LogP contribution in [0.25, 0.3) is 0 Å². The summed E-state index contributed by atoms with van der Waals surface area (Å²) < 4.78 is 20.0. The van der Waals surface area contributed by atoms with Gasteiger partial charge in [0.15, 0.2) is 11.5 Å². The number of aryl methyl sites for hydroxylation is 1. The molecule has 5 rings (SSSR count).